The average Bonchev–Trinajstić information content (AvgIpc) is 2.24. The molecular weight excluding hydrogens is 237 g/mol. The van der Waals surface area contributed by atoms with Gasteiger partial charge in [0, 0.05) is 12.3 Å². The summed E-state index contributed by atoms with van der Waals surface area (Å²) in [6, 6.07) is 5.18. The molecule has 1 N–H and O–H groups in total. The van der Waals surface area contributed by atoms with Gasteiger partial charge in [-0.05, 0) is 12.1 Å². The lowest BCUT2D eigenvalue weighted by Gasteiger charge is -2.04. The number of benzene rings is 1. The molecular formula is C10H9Cl2NO2. The summed E-state index contributed by atoms with van der Waals surface area (Å²) in [7, 11) is 1.30. The van der Waals surface area contributed by atoms with Crippen LogP contribution in [0.15, 0.2) is 30.5 Å². The molecule has 1 rings (SSSR count). The molecule has 0 spiro atoms. The van der Waals surface area contributed by atoms with Crippen LogP contribution < -0.4 is 5.32 Å². The zero-order chi connectivity index (χ0) is 11.3. The number of esters is 1. The van der Waals surface area contributed by atoms with Crippen molar-refractivity contribution in [2.24, 2.45) is 0 Å². The highest BCUT2D eigenvalue weighted by Gasteiger charge is 2.01. The molecule has 0 saturated carbocycles. The van der Waals surface area contributed by atoms with Gasteiger partial charge in [-0.2, -0.15) is 0 Å². The summed E-state index contributed by atoms with van der Waals surface area (Å²) >= 11 is 11.7. The van der Waals surface area contributed by atoms with E-state index >= 15 is 0 Å². The predicted octanol–water partition coefficient (Wildman–Crippen LogP) is 3.09. The van der Waals surface area contributed by atoms with E-state index in [1.807, 2.05) is 0 Å². The number of rotatable bonds is 3. The maximum Gasteiger partial charge on any atom is 0.331 e. The van der Waals surface area contributed by atoms with Crippen LogP contribution in [0.1, 0.15) is 0 Å². The number of ether oxygens (including phenoxy) is 1. The van der Waals surface area contributed by atoms with Gasteiger partial charge in [0.05, 0.1) is 22.8 Å². The molecule has 15 heavy (non-hydrogen) atoms. The summed E-state index contributed by atoms with van der Waals surface area (Å²) in [5, 5.41) is 3.68. The van der Waals surface area contributed by atoms with Crippen molar-refractivity contribution < 1.29 is 9.53 Å². The normalized spacial score (nSPS) is 10.3. The van der Waals surface area contributed by atoms with Gasteiger partial charge in [-0.15, -0.1) is 0 Å². The molecule has 0 saturated heterocycles. The Morgan fingerprint density at radius 2 is 2.20 bits per heavy atom. The largest absolute Gasteiger partial charge is 0.466 e. The lowest BCUT2D eigenvalue weighted by atomic mass is 10.3. The van der Waals surface area contributed by atoms with Crippen molar-refractivity contribution >= 4 is 34.9 Å². The maximum absolute atomic E-state index is 10.7. The van der Waals surface area contributed by atoms with Gasteiger partial charge in [-0.1, -0.05) is 29.3 Å². The lowest BCUT2D eigenvalue weighted by Crippen LogP contribution is -1.96. The third-order valence-electron chi connectivity index (χ3n) is 1.61. The smallest absolute Gasteiger partial charge is 0.331 e. The summed E-state index contributed by atoms with van der Waals surface area (Å²) < 4.78 is 4.42. The van der Waals surface area contributed by atoms with Crippen molar-refractivity contribution in [2.45, 2.75) is 0 Å². The zero-order valence-electron chi connectivity index (χ0n) is 7.96. The van der Waals surface area contributed by atoms with E-state index in [0.29, 0.717) is 15.7 Å². The average molecular weight is 246 g/mol. The van der Waals surface area contributed by atoms with E-state index in [1.54, 1.807) is 18.2 Å². The number of hydrogen-bond donors (Lipinski definition) is 1. The molecule has 0 aliphatic heterocycles. The monoisotopic (exact) mass is 245 g/mol. The van der Waals surface area contributed by atoms with Crippen LogP contribution in [-0.4, -0.2) is 13.1 Å². The minimum Gasteiger partial charge on any atom is -0.466 e. The second kappa shape index (κ2) is 5.63. The van der Waals surface area contributed by atoms with Crippen molar-refractivity contribution in [2.75, 3.05) is 12.4 Å². The quantitative estimate of drug-likeness (QED) is 0.657. The van der Waals surface area contributed by atoms with E-state index in [2.05, 4.69) is 10.1 Å². The number of methoxy groups -OCH3 is 1. The van der Waals surface area contributed by atoms with Crippen molar-refractivity contribution in [3.05, 3.63) is 40.5 Å². The molecule has 5 heteroatoms. The van der Waals surface area contributed by atoms with Gasteiger partial charge < -0.3 is 10.1 Å². The number of nitrogens with one attached hydrogen (secondary N) is 1. The summed E-state index contributed by atoms with van der Waals surface area (Å²) in [6.07, 6.45) is 2.68. The highest BCUT2D eigenvalue weighted by Crippen LogP contribution is 2.29. The molecule has 0 radical (unpaired) electrons. The topological polar surface area (TPSA) is 38.3 Å². The minimum atomic E-state index is -0.444. The molecule has 80 valence electrons. The molecule has 0 amide bonds. The van der Waals surface area contributed by atoms with Gasteiger partial charge in [0.15, 0.2) is 0 Å². The Bertz CT molecular complexity index is 391. The Balaban J connectivity index is 2.70. The molecule has 0 atom stereocenters. The summed E-state index contributed by atoms with van der Waals surface area (Å²) in [5.41, 5.74) is 0.629. The summed E-state index contributed by atoms with van der Waals surface area (Å²) in [4.78, 5) is 10.7. The van der Waals surface area contributed by atoms with Crippen LogP contribution in [0.4, 0.5) is 5.69 Å². The van der Waals surface area contributed by atoms with Gasteiger partial charge >= 0.3 is 5.97 Å². The van der Waals surface area contributed by atoms with Crippen molar-refractivity contribution in [3.63, 3.8) is 0 Å². The first-order valence-electron chi connectivity index (χ1n) is 4.10. The molecule has 0 aromatic heterocycles. The predicted molar refractivity (Wildman–Crippen MR) is 61.2 cm³/mol. The van der Waals surface area contributed by atoms with Crippen LogP contribution in [0.2, 0.25) is 10.0 Å². The zero-order valence-corrected chi connectivity index (χ0v) is 9.47. The van der Waals surface area contributed by atoms with Crippen LogP contribution in [0.5, 0.6) is 0 Å². The Labute approximate surface area is 97.6 Å². The second-order valence-electron chi connectivity index (χ2n) is 2.60. The Kier molecular flexibility index (Phi) is 4.46. The van der Waals surface area contributed by atoms with Crippen LogP contribution >= 0.6 is 23.2 Å². The van der Waals surface area contributed by atoms with Crippen LogP contribution in [0, 0.1) is 0 Å². The number of anilines is 1. The Morgan fingerprint density at radius 3 is 2.87 bits per heavy atom. The van der Waals surface area contributed by atoms with E-state index in [0.717, 1.165) is 0 Å². The van der Waals surface area contributed by atoms with Gasteiger partial charge in [0.1, 0.15) is 0 Å². The van der Waals surface area contributed by atoms with Gasteiger partial charge in [0.25, 0.3) is 0 Å². The van der Waals surface area contributed by atoms with E-state index < -0.39 is 5.97 Å². The fraction of sp³-hybridized carbons (Fsp3) is 0.100. The molecule has 1 aromatic rings. The molecule has 0 aliphatic rings. The third-order valence-corrected chi connectivity index (χ3v) is 2.43. The van der Waals surface area contributed by atoms with Gasteiger partial charge in [0.2, 0.25) is 0 Å². The first-order chi connectivity index (χ1) is 7.15. The fourth-order valence-electron chi connectivity index (χ4n) is 0.883. The second-order valence-corrected chi connectivity index (χ2v) is 3.39. The Morgan fingerprint density at radius 1 is 1.47 bits per heavy atom. The number of carbonyl (C=O) groups excluding carboxylic acids is 1. The van der Waals surface area contributed by atoms with E-state index in [4.69, 9.17) is 23.2 Å². The molecule has 0 heterocycles. The minimum absolute atomic E-state index is 0.411. The summed E-state index contributed by atoms with van der Waals surface area (Å²) in [5.74, 6) is -0.444. The molecule has 0 bridgehead atoms. The lowest BCUT2D eigenvalue weighted by molar-refractivity contribution is -0.134. The molecule has 0 fully saturated rings. The SMILES string of the molecule is COC(=O)/C=C/Nc1cccc(Cl)c1Cl. The van der Waals surface area contributed by atoms with E-state index in [-0.39, 0.29) is 0 Å². The van der Waals surface area contributed by atoms with Crippen LogP contribution in [0.3, 0.4) is 0 Å². The first kappa shape index (κ1) is 11.9. The molecule has 0 aliphatic carbocycles. The standard InChI is InChI=1S/C10H9Cl2NO2/c1-15-9(14)5-6-13-8-4-2-3-7(11)10(8)12/h2-6,13H,1H3/b6-5+. The van der Waals surface area contributed by atoms with Crippen molar-refractivity contribution in [1.29, 1.82) is 0 Å². The molecule has 1 aromatic carbocycles. The van der Waals surface area contributed by atoms with Crippen LogP contribution in [-0.2, 0) is 9.53 Å². The number of hydrogen-bond acceptors (Lipinski definition) is 3. The number of carbonyl (C=O) groups is 1. The van der Waals surface area contributed by atoms with Gasteiger partial charge in [-0.25, -0.2) is 4.79 Å². The highest BCUT2D eigenvalue weighted by molar-refractivity contribution is 6.43. The Hall–Kier alpha value is -1.19. The van der Waals surface area contributed by atoms with Crippen molar-refractivity contribution in [3.8, 4) is 0 Å². The van der Waals surface area contributed by atoms with E-state index in [9.17, 15) is 4.79 Å². The maximum atomic E-state index is 10.7. The highest BCUT2D eigenvalue weighted by atomic mass is 35.5. The molecule has 0 unspecified atom stereocenters. The fourth-order valence-corrected chi connectivity index (χ4v) is 1.24. The van der Waals surface area contributed by atoms with Crippen molar-refractivity contribution in [1.82, 2.24) is 0 Å². The first-order valence-corrected chi connectivity index (χ1v) is 4.86. The van der Waals surface area contributed by atoms with Gasteiger partial charge in [-0.3, -0.25) is 0 Å². The molecule has 3 nitrogen and oxygen atoms in total. The third kappa shape index (κ3) is 3.46. The summed E-state index contributed by atoms with van der Waals surface area (Å²) in [6.45, 7) is 0. The number of halogens is 2. The van der Waals surface area contributed by atoms with E-state index in [1.165, 1.54) is 19.4 Å². The van der Waals surface area contributed by atoms with Crippen LogP contribution in [0.25, 0.3) is 0 Å².